The minimum Gasteiger partial charge on any atom is -0.459 e. The summed E-state index contributed by atoms with van der Waals surface area (Å²) < 4.78 is 33.2. The average molecular weight is 520 g/mol. The Hall–Kier alpha value is -2.75. The highest BCUT2D eigenvalue weighted by molar-refractivity contribution is 7.90. The lowest BCUT2D eigenvalue weighted by molar-refractivity contribution is -0.158. The van der Waals surface area contributed by atoms with Gasteiger partial charge >= 0.3 is 5.97 Å². The number of aryl methyl sites for hydroxylation is 1. The van der Waals surface area contributed by atoms with Crippen LogP contribution in [0, 0.1) is 12.8 Å². The van der Waals surface area contributed by atoms with E-state index in [2.05, 4.69) is 10.3 Å². The molecule has 0 aliphatic heterocycles. The van der Waals surface area contributed by atoms with E-state index in [-0.39, 0.29) is 33.6 Å². The molecule has 35 heavy (non-hydrogen) atoms. The second-order valence-corrected chi connectivity index (χ2v) is 12.0. The van der Waals surface area contributed by atoms with Gasteiger partial charge in [0.1, 0.15) is 11.6 Å². The van der Waals surface area contributed by atoms with Gasteiger partial charge in [-0.05, 0) is 51.3 Å². The van der Waals surface area contributed by atoms with Gasteiger partial charge in [0.15, 0.2) is 11.9 Å². The van der Waals surface area contributed by atoms with Crippen molar-refractivity contribution < 1.29 is 22.7 Å². The van der Waals surface area contributed by atoms with E-state index in [1.165, 1.54) is 24.5 Å². The van der Waals surface area contributed by atoms with E-state index >= 15 is 0 Å². The number of esters is 1. The van der Waals surface area contributed by atoms with Gasteiger partial charge in [-0.1, -0.05) is 43.1 Å². The summed E-state index contributed by atoms with van der Waals surface area (Å²) in [6, 6.07) is 5.75. The summed E-state index contributed by atoms with van der Waals surface area (Å²) in [5.41, 5.74) is 0.927. The molecular formula is C25H30ClN3O5S. The van der Waals surface area contributed by atoms with Crippen LogP contribution in [0.25, 0.3) is 11.0 Å². The number of nitrogens with one attached hydrogen (secondary N) is 1. The summed E-state index contributed by atoms with van der Waals surface area (Å²) >= 11 is 6.45. The number of halogens is 1. The number of nitrogens with zero attached hydrogens (tertiary/aromatic N) is 2. The van der Waals surface area contributed by atoms with Gasteiger partial charge < -0.3 is 4.74 Å². The number of fused-ring (bicyclic) bond motifs is 1. The zero-order chi connectivity index (χ0) is 26.1. The Morgan fingerprint density at radius 3 is 2.40 bits per heavy atom. The van der Waals surface area contributed by atoms with Gasteiger partial charge in [-0.3, -0.25) is 14.9 Å². The maximum atomic E-state index is 13.4. The first-order valence-electron chi connectivity index (χ1n) is 11.2. The van der Waals surface area contributed by atoms with Crippen LogP contribution in [0.2, 0.25) is 5.02 Å². The number of benzene rings is 1. The van der Waals surface area contributed by atoms with Gasteiger partial charge in [-0.15, -0.1) is 0 Å². The Balaban J connectivity index is 2.07. The molecule has 0 spiro atoms. The monoisotopic (exact) mass is 519 g/mol. The zero-order valence-corrected chi connectivity index (χ0v) is 22.2. The van der Waals surface area contributed by atoms with Crippen molar-refractivity contribution in [3.63, 3.8) is 0 Å². The van der Waals surface area contributed by atoms with Crippen LogP contribution in [-0.4, -0.2) is 41.3 Å². The number of carbonyl (C=O) groups excluding carboxylic acids is 2. The molecule has 1 N–H and O–H groups in total. The molecule has 0 aliphatic carbocycles. The van der Waals surface area contributed by atoms with Crippen molar-refractivity contribution in [1.29, 1.82) is 0 Å². The van der Waals surface area contributed by atoms with E-state index < -0.39 is 27.6 Å². The molecule has 2 aromatic heterocycles. The summed E-state index contributed by atoms with van der Waals surface area (Å²) in [5, 5.41) is 3.72. The van der Waals surface area contributed by atoms with Crippen molar-refractivity contribution >= 4 is 44.9 Å². The predicted octanol–water partition coefficient (Wildman–Crippen LogP) is 4.50. The summed E-state index contributed by atoms with van der Waals surface area (Å²) in [6.45, 7) is 11.1. The van der Waals surface area contributed by atoms with Gasteiger partial charge in [0.05, 0.1) is 9.92 Å². The van der Waals surface area contributed by atoms with Crippen LogP contribution < -0.4 is 5.32 Å². The Labute approximate surface area is 210 Å². The fourth-order valence-corrected chi connectivity index (χ4v) is 5.21. The first-order chi connectivity index (χ1) is 16.3. The van der Waals surface area contributed by atoms with E-state index in [0.29, 0.717) is 17.2 Å². The fourth-order valence-electron chi connectivity index (χ4n) is 3.67. The van der Waals surface area contributed by atoms with Crippen molar-refractivity contribution in [2.24, 2.45) is 5.92 Å². The molecule has 0 fully saturated rings. The number of hydrogen-bond donors (Lipinski definition) is 1. The van der Waals surface area contributed by atoms with E-state index in [1.54, 1.807) is 32.9 Å². The number of pyridine rings is 1. The quantitative estimate of drug-likeness (QED) is 0.344. The fraction of sp³-hybridized carbons (Fsp3) is 0.400. The third kappa shape index (κ3) is 5.74. The lowest BCUT2D eigenvalue weighted by Crippen LogP contribution is -2.44. The van der Waals surface area contributed by atoms with Crippen LogP contribution in [0.15, 0.2) is 41.6 Å². The Bertz CT molecular complexity index is 1360. The van der Waals surface area contributed by atoms with Crippen LogP contribution in [-0.2, 0) is 26.1 Å². The normalized spacial score (nSPS) is 13.3. The first-order valence-corrected chi connectivity index (χ1v) is 13.0. The van der Waals surface area contributed by atoms with Gasteiger partial charge in [0, 0.05) is 29.9 Å². The highest BCUT2D eigenvalue weighted by Gasteiger charge is 2.29. The van der Waals surface area contributed by atoms with Crippen LogP contribution in [0.3, 0.4) is 0 Å². The standard InChI is InChI=1S/C25H30ClN3O5S/c1-15(2)22(24(31)34-25(4,5)6)27-11-19-20(26)12-28-23-21(19)17(14-30)13-29(23)35(32,33)18-9-7-16(3)8-10-18/h7-10,12-15,22,27H,11H2,1-6H3/t22-/m1/s1. The molecule has 0 bridgehead atoms. The van der Waals surface area contributed by atoms with E-state index in [9.17, 15) is 18.0 Å². The Morgan fingerprint density at radius 2 is 1.86 bits per heavy atom. The van der Waals surface area contributed by atoms with E-state index in [1.807, 2.05) is 20.8 Å². The molecule has 8 nitrogen and oxygen atoms in total. The highest BCUT2D eigenvalue weighted by Crippen LogP contribution is 2.31. The molecule has 10 heteroatoms. The number of carbonyl (C=O) groups is 2. The lowest BCUT2D eigenvalue weighted by atomic mass is 10.0. The van der Waals surface area contributed by atoms with Crippen LogP contribution >= 0.6 is 11.6 Å². The van der Waals surface area contributed by atoms with Crippen LogP contribution in [0.5, 0.6) is 0 Å². The third-order valence-electron chi connectivity index (χ3n) is 5.40. The van der Waals surface area contributed by atoms with Gasteiger partial charge in [-0.25, -0.2) is 17.4 Å². The minimum absolute atomic E-state index is 0.0682. The van der Waals surface area contributed by atoms with E-state index in [0.717, 1.165) is 9.54 Å². The SMILES string of the molecule is Cc1ccc(S(=O)(=O)n2cc(C=O)c3c(CN[C@@H](C(=O)OC(C)(C)C)C(C)C)c(Cl)cnc32)cc1. The van der Waals surface area contributed by atoms with Crippen molar-refractivity contribution in [3.05, 3.63) is 58.4 Å². The van der Waals surface area contributed by atoms with Gasteiger partial charge in [0.25, 0.3) is 10.0 Å². The second-order valence-electron chi connectivity index (χ2n) is 9.74. The van der Waals surface area contributed by atoms with Gasteiger partial charge in [-0.2, -0.15) is 0 Å². The lowest BCUT2D eigenvalue weighted by Gasteiger charge is -2.26. The van der Waals surface area contributed by atoms with Crippen molar-refractivity contribution in [1.82, 2.24) is 14.3 Å². The first kappa shape index (κ1) is 26.8. The van der Waals surface area contributed by atoms with Gasteiger partial charge in [0.2, 0.25) is 0 Å². The number of aldehydes is 1. The molecule has 0 amide bonds. The molecule has 0 unspecified atom stereocenters. The van der Waals surface area contributed by atoms with E-state index in [4.69, 9.17) is 16.3 Å². The largest absolute Gasteiger partial charge is 0.459 e. The highest BCUT2D eigenvalue weighted by atomic mass is 35.5. The molecule has 0 saturated carbocycles. The van der Waals surface area contributed by atoms with Crippen molar-refractivity contribution in [2.75, 3.05) is 0 Å². The number of rotatable bonds is 8. The van der Waals surface area contributed by atoms with Crippen LogP contribution in [0.4, 0.5) is 0 Å². The number of hydrogen-bond acceptors (Lipinski definition) is 7. The second kappa shape index (κ2) is 10.1. The van der Waals surface area contributed by atoms with Crippen LogP contribution in [0.1, 0.15) is 56.1 Å². The summed E-state index contributed by atoms with van der Waals surface area (Å²) in [4.78, 5) is 29.0. The predicted molar refractivity (Wildman–Crippen MR) is 135 cm³/mol. The molecule has 2 heterocycles. The number of ether oxygens (including phenoxy) is 1. The maximum absolute atomic E-state index is 13.4. The average Bonchev–Trinajstić information content (AvgIpc) is 3.13. The summed E-state index contributed by atoms with van der Waals surface area (Å²) in [6.07, 6.45) is 3.15. The molecule has 0 saturated heterocycles. The molecular weight excluding hydrogens is 490 g/mol. The summed E-state index contributed by atoms with van der Waals surface area (Å²) in [7, 11) is -4.02. The smallest absolute Gasteiger partial charge is 0.323 e. The van der Waals surface area contributed by atoms with Crippen molar-refractivity contribution in [2.45, 2.75) is 64.6 Å². The molecule has 3 aromatic rings. The Morgan fingerprint density at radius 1 is 1.23 bits per heavy atom. The molecule has 3 rings (SSSR count). The topological polar surface area (TPSA) is 107 Å². The molecule has 1 aromatic carbocycles. The summed E-state index contributed by atoms with van der Waals surface area (Å²) in [5.74, 6) is -0.512. The Kier molecular flexibility index (Phi) is 7.74. The molecule has 188 valence electrons. The molecule has 0 aliphatic rings. The molecule has 0 radical (unpaired) electrons. The maximum Gasteiger partial charge on any atom is 0.323 e. The molecule has 1 atom stereocenters. The number of aromatic nitrogens is 2. The van der Waals surface area contributed by atoms with Crippen molar-refractivity contribution in [3.8, 4) is 0 Å². The minimum atomic E-state index is -4.02. The third-order valence-corrected chi connectivity index (χ3v) is 7.39. The zero-order valence-electron chi connectivity index (χ0n) is 20.6.